The van der Waals surface area contributed by atoms with Crippen molar-refractivity contribution in [3.8, 4) is 0 Å². The predicted octanol–water partition coefficient (Wildman–Crippen LogP) is 4.15. The van der Waals surface area contributed by atoms with Crippen LogP contribution >= 0.6 is 0 Å². The molecule has 32 heavy (non-hydrogen) atoms. The van der Waals surface area contributed by atoms with E-state index in [1.807, 2.05) is 0 Å². The Morgan fingerprint density at radius 3 is 1.47 bits per heavy atom. The number of carboxylic acid groups (broad SMARTS) is 3. The van der Waals surface area contributed by atoms with E-state index < -0.39 is 42.0 Å². The van der Waals surface area contributed by atoms with E-state index in [4.69, 9.17) is 10.2 Å². The zero-order chi connectivity index (χ0) is 24.1. The molecule has 0 aliphatic carbocycles. The van der Waals surface area contributed by atoms with Gasteiger partial charge in [0.25, 0.3) is 0 Å². The Kier molecular flexibility index (Phi) is 18.6. The van der Waals surface area contributed by atoms with Crippen LogP contribution in [0.2, 0.25) is 0 Å². The molecule has 0 aromatic carbocycles. The van der Waals surface area contributed by atoms with Crippen LogP contribution in [0.15, 0.2) is 12.2 Å². The molecule has 0 atom stereocenters. The van der Waals surface area contributed by atoms with Crippen molar-refractivity contribution in [2.45, 2.75) is 103 Å². The molecule has 7 heteroatoms. The first-order valence-corrected chi connectivity index (χ1v) is 12.4. The highest BCUT2D eigenvalue weighted by Crippen LogP contribution is 2.14. The summed E-state index contributed by atoms with van der Waals surface area (Å²) >= 11 is 0. The second-order valence-electron chi connectivity index (χ2n) is 8.99. The third-order valence-electron chi connectivity index (χ3n) is 5.80. The summed E-state index contributed by atoms with van der Waals surface area (Å²) in [6, 6.07) is 0. The number of hydrogen-bond acceptors (Lipinski definition) is 4. The van der Waals surface area contributed by atoms with E-state index in [9.17, 15) is 19.5 Å². The van der Waals surface area contributed by atoms with E-state index >= 15 is 0 Å². The van der Waals surface area contributed by atoms with E-state index in [0.717, 1.165) is 19.3 Å². The average molecular weight is 456 g/mol. The Morgan fingerprint density at radius 1 is 0.656 bits per heavy atom. The molecule has 2 N–H and O–H groups in total. The first-order valence-electron chi connectivity index (χ1n) is 12.4. The van der Waals surface area contributed by atoms with E-state index in [1.165, 1.54) is 70.6 Å². The Balaban J connectivity index is 3.83. The average Bonchev–Trinajstić information content (AvgIpc) is 2.68. The van der Waals surface area contributed by atoms with Gasteiger partial charge in [-0.1, -0.05) is 76.9 Å². The van der Waals surface area contributed by atoms with Crippen molar-refractivity contribution in [2.75, 3.05) is 26.2 Å². The van der Waals surface area contributed by atoms with Gasteiger partial charge in [0.2, 0.25) is 0 Å². The second kappa shape index (κ2) is 19.8. The summed E-state index contributed by atoms with van der Waals surface area (Å²) in [5.74, 6) is -3.82. The van der Waals surface area contributed by atoms with Crippen LogP contribution in [0.1, 0.15) is 103 Å². The highest BCUT2D eigenvalue weighted by molar-refractivity contribution is 5.72. The number of carbonyl (C=O) groups is 3. The van der Waals surface area contributed by atoms with Crippen molar-refractivity contribution in [3.05, 3.63) is 12.2 Å². The summed E-state index contributed by atoms with van der Waals surface area (Å²) in [7, 11) is 0. The van der Waals surface area contributed by atoms with Gasteiger partial charge in [-0.3, -0.25) is 0 Å². The third kappa shape index (κ3) is 18.8. The SMILES string of the molecule is CCCCC/C=C/CCCCCCCCCCCC[N+](CC(=O)[O-])(CC(=O)O)CC(=O)O. The van der Waals surface area contributed by atoms with Crippen molar-refractivity contribution >= 4 is 17.9 Å². The second-order valence-corrected chi connectivity index (χ2v) is 8.99. The molecular weight excluding hydrogens is 410 g/mol. The fourth-order valence-corrected chi connectivity index (χ4v) is 4.12. The monoisotopic (exact) mass is 455 g/mol. The molecule has 0 heterocycles. The minimum atomic E-state index is -1.42. The molecule has 7 nitrogen and oxygen atoms in total. The van der Waals surface area contributed by atoms with Crippen molar-refractivity contribution < 1.29 is 34.2 Å². The molecule has 0 amide bonds. The normalized spacial score (nSPS) is 11.8. The van der Waals surface area contributed by atoms with Crippen molar-refractivity contribution in [1.29, 1.82) is 0 Å². The summed E-state index contributed by atoms with van der Waals surface area (Å²) < 4.78 is -0.499. The van der Waals surface area contributed by atoms with Crippen LogP contribution in [0.4, 0.5) is 0 Å². The molecule has 0 aliphatic rings. The van der Waals surface area contributed by atoms with E-state index in [0.29, 0.717) is 6.42 Å². The van der Waals surface area contributed by atoms with Crippen LogP contribution in [0.5, 0.6) is 0 Å². The molecular formula is C25H45NO6. The van der Waals surface area contributed by atoms with Crippen LogP contribution < -0.4 is 5.11 Å². The highest BCUT2D eigenvalue weighted by atomic mass is 16.4. The lowest BCUT2D eigenvalue weighted by Gasteiger charge is -2.36. The number of aliphatic carboxylic acids is 3. The molecule has 0 saturated carbocycles. The lowest BCUT2D eigenvalue weighted by molar-refractivity contribution is -0.909. The Bertz CT molecular complexity index is 506. The Morgan fingerprint density at radius 2 is 1.06 bits per heavy atom. The van der Waals surface area contributed by atoms with E-state index in [2.05, 4.69) is 19.1 Å². The van der Waals surface area contributed by atoms with Gasteiger partial charge in [0.05, 0.1) is 12.5 Å². The fourth-order valence-electron chi connectivity index (χ4n) is 4.12. The number of nitrogens with zero attached hydrogens (tertiary/aromatic N) is 1. The van der Waals surface area contributed by atoms with E-state index in [1.54, 1.807) is 0 Å². The number of quaternary nitrogens is 1. The van der Waals surface area contributed by atoms with Crippen LogP contribution in [0.25, 0.3) is 0 Å². The molecule has 0 aliphatic heterocycles. The molecule has 0 rings (SSSR count). The molecule has 0 saturated heterocycles. The summed E-state index contributed by atoms with van der Waals surface area (Å²) in [6.45, 7) is 0.821. The van der Waals surface area contributed by atoms with Gasteiger partial charge in [-0.05, 0) is 38.5 Å². The molecule has 186 valence electrons. The Hall–Kier alpha value is -1.89. The molecule has 0 spiro atoms. The van der Waals surface area contributed by atoms with Gasteiger partial charge in [-0.2, -0.15) is 0 Å². The number of unbranched alkanes of at least 4 members (excludes halogenated alkanes) is 13. The minimum Gasteiger partial charge on any atom is -0.544 e. The topological polar surface area (TPSA) is 115 Å². The van der Waals surface area contributed by atoms with Crippen molar-refractivity contribution in [2.24, 2.45) is 0 Å². The fraction of sp³-hybridized carbons (Fsp3) is 0.800. The zero-order valence-corrected chi connectivity index (χ0v) is 20.1. The van der Waals surface area contributed by atoms with Gasteiger partial charge in [0.1, 0.15) is 6.54 Å². The molecule has 0 radical (unpaired) electrons. The summed E-state index contributed by atoms with van der Waals surface area (Å²) in [5.41, 5.74) is 0. The molecule has 0 aromatic heterocycles. The molecule has 0 aromatic rings. The minimum absolute atomic E-state index is 0.222. The summed E-state index contributed by atoms with van der Waals surface area (Å²) in [4.78, 5) is 33.3. The quantitative estimate of drug-likeness (QED) is 0.136. The number of carbonyl (C=O) groups excluding carboxylic acids is 1. The van der Waals surface area contributed by atoms with E-state index in [-0.39, 0.29) is 6.54 Å². The van der Waals surface area contributed by atoms with Gasteiger partial charge in [-0.15, -0.1) is 0 Å². The van der Waals surface area contributed by atoms with Crippen LogP contribution in [-0.4, -0.2) is 58.8 Å². The van der Waals surface area contributed by atoms with Crippen LogP contribution in [0.3, 0.4) is 0 Å². The van der Waals surface area contributed by atoms with Gasteiger partial charge in [0.15, 0.2) is 13.1 Å². The maximum atomic E-state index is 11.1. The molecule has 0 bridgehead atoms. The predicted molar refractivity (Wildman–Crippen MR) is 124 cm³/mol. The lowest BCUT2D eigenvalue weighted by atomic mass is 10.1. The highest BCUT2D eigenvalue weighted by Gasteiger charge is 2.33. The third-order valence-corrected chi connectivity index (χ3v) is 5.80. The van der Waals surface area contributed by atoms with Crippen LogP contribution in [-0.2, 0) is 14.4 Å². The maximum Gasteiger partial charge on any atom is 0.359 e. The first kappa shape index (κ1) is 30.1. The first-order chi connectivity index (χ1) is 15.3. The van der Waals surface area contributed by atoms with Crippen molar-refractivity contribution in [3.63, 3.8) is 0 Å². The number of carboxylic acids is 3. The molecule has 0 fully saturated rings. The van der Waals surface area contributed by atoms with Crippen molar-refractivity contribution in [1.82, 2.24) is 0 Å². The smallest absolute Gasteiger partial charge is 0.359 e. The Labute approximate surface area is 194 Å². The zero-order valence-electron chi connectivity index (χ0n) is 20.1. The number of hydrogen-bond donors (Lipinski definition) is 2. The maximum absolute atomic E-state index is 11.1. The summed E-state index contributed by atoms with van der Waals surface area (Å²) in [6.07, 6.45) is 22.0. The summed E-state index contributed by atoms with van der Waals surface area (Å²) in [5, 5.41) is 29.2. The van der Waals surface area contributed by atoms with Crippen LogP contribution in [0, 0.1) is 0 Å². The lowest BCUT2D eigenvalue weighted by Crippen LogP contribution is -2.59. The number of rotatable bonds is 23. The molecule has 0 unspecified atom stereocenters. The largest absolute Gasteiger partial charge is 0.544 e. The van der Waals surface area contributed by atoms with Gasteiger partial charge >= 0.3 is 11.9 Å². The van der Waals surface area contributed by atoms with Gasteiger partial charge < -0.3 is 24.6 Å². The van der Waals surface area contributed by atoms with Gasteiger partial charge in [0, 0.05) is 0 Å². The number of allylic oxidation sites excluding steroid dienone is 2. The van der Waals surface area contributed by atoms with Gasteiger partial charge in [-0.25, -0.2) is 9.59 Å². The standard InChI is InChI=1S/C25H45NO6/c1-2-3-4-5-6-7-8-9-10-11-12-13-14-15-16-17-18-19-26(20-23(27)28,21-24(29)30)22-25(31)32/h6-7H,2-5,8-22H2,1H3,(H2-,27,28,29,30,31,32)/b7-6+.